The van der Waals surface area contributed by atoms with Gasteiger partial charge in [-0.3, -0.25) is 0 Å². The highest BCUT2D eigenvalue weighted by Crippen LogP contribution is 2.56. The molecule has 0 saturated heterocycles. The van der Waals surface area contributed by atoms with Gasteiger partial charge in [0.05, 0.1) is 11.2 Å². The van der Waals surface area contributed by atoms with Crippen LogP contribution in [0.25, 0.3) is 78.0 Å². The number of hydrogen-bond donors (Lipinski definition) is 0. The molecule has 8 aromatic carbocycles. The molecule has 9 aromatic rings. The van der Waals surface area contributed by atoms with Crippen LogP contribution in [-0.2, 0) is 0 Å². The molecule has 2 aliphatic rings. The lowest BCUT2D eigenvalue weighted by molar-refractivity contribution is 0.542. The van der Waals surface area contributed by atoms with Gasteiger partial charge in [0, 0.05) is 33.7 Å². The molecule has 11 rings (SSSR count). The molecule has 1 aromatic heterocycles. The van der Waals surface area contributed by atoms with Crippen molar-refractivity contribution in [1.29, 1.82) is 0 Å². The van der Waals surface area contributed by atoms with Crippen molar-refractivity contribution in [3.05, 3.63) is 212 Å². The second-order valence-electron chi connectivity index (χ2n) is 15.4. The van der Waals surface area contributed by atoms with Crippen molar-refractivity contribution in [2.24, 2.45) is 0 Å². The minimum atomic E-state index is -0.204. The zero-order valence-electron chi connectivity index (χ0n) is 32.0. The van der Waals surface area contributed by atoms with Crippen LogP contribution in [0.5, 0.6) is 0 Å². The van der Waals surface area contributed by atoms with Crippen molar-refractivity contribution in [1.82, 2.24) is 15.0 Å². The standard InChI is InChI=1S/C54H38N4/c1-54-35-13-12-22-49(54)48-32-29-36-14-8-9-19-45(36)50(48)58(54)42-30-27-38(28-31-42)44-34-33-43(46-20-10-11-21-47(44)46)37-23-25-41(26-24-37)53-56-51(39-15-4-2-5-16-39)55-52(57-53)40-17-6-3-7-18-40/h2-35,49H,1H3/t49-,54?/m0/s1. The summed E-state index contributed by atoms with van der Waals surface area (Å²) in [6.45, 7) is 2.37. The normalized spacial score (nSPS) is 16.8. The first-order chi connectivity index (χ1) is 28.6. The lowest BCUT2D eigenvalue weighted by Gasteiger charge is -2.39. The van der Waals surface area contributed by atoms with Crippen molar-refractivity contribution >= 4 is 32.9 Å². The molecule has 0 radical (unpaired) electrons. The Morgan fingerprint density at radius 3 is 1.50 bits per heavy atom. The van der Waals surface area contributed by atoms with E-state index in [9.17, 15) is 0 Å². The van der Waals surface area contributed by atoms with Crippen molar-refractivity contribution in [2.45, 2.75) is 18.4 Å². The number of benzene rings is 8. The van der Waals surface area contributed by atoms with Crippen molar-refractivity contribution < 1.29 is 0 Å². The number of hydrogen-bond acceptors (Lipinski definition) is 4. The predicted molar refractivity (Wildman–Crippen MR) is 240 cm³/mol. The molecule has 0 spiro atoms. The Hall–Kier alpha value is -7.43. The SMILES string of the molecule is CC12C=CC=C[C@H]1c1ccc3ccccc3c1N2c1ccc(-c2ccc(-c3ccc(-c4nc(-c5ccccc5)nc(-c5ccccc5)n4)cc3)c3ccccc23)cc1. The number of rotatable bonds is 6. The molecule has 2 atom stereocenters. The monoisotopic (exact) mass is 742 g/mol. The second kappa shape index (κ2) is 13.6. The first kappa shape index (κ1) is 33.9. The van der Waals surface area contributed by atoms with Crippen LogP contribution in [0.15, 0.2) is 206 Å². The van der Waals surface area contributed by atoms with Gasteiger partial charge in [-0.15, -0.1) is 0 Å². The number of anilines is 2. The fourth-order valence-corrected chi connectivity index (χ4v) is 9.11. The van der Waals surface area contributed by atoms with Gasteiger partial charge in [0.1, 0.15) is 0 Å². The van der Waals surface area contributed by atoms with Gasteiger partial charge < -0.3 is 4.90 Å². The first-order valence-electron chi connectivity index (χ1n) is 19.9. The Morgan fingerprint density at radius 2 is 0.914 bits per heavy atom. The quantitative estimate of drug-likeness (QED) is 0.170. The van der Waals surface area contributed by atoms with E-state index in [2.05, 4.69) is 157 Å². The van der Waals surface area contributed by atoms with E-state index >= 15 is 0 Å². The minimum absolute atomic E-state index is 0.204. The third-order valence-corrected chi connectivity index (χ3v) is 12.0. The molecule has 4 nitrogen and oxygen atoms in total. The van der Waals surface area contributed by atoms with Gasteiger partial charge in [-0.25, -0.2) is 15.0 Å². The van der Waals surface area contributed by atoms with E-state index in [1.54, 1.807) is 0 Å². The summed E-state index contributed by atoms with van der Waals surface area (Å²) in [5.74, 6) is 2.23. The first-order valence-corrected chi connectivity index (χ1v) is 19.9. The molecule has 2 heterocycles. The maximum Gasteiger partial charge on any atom is 0.164 e. The molecule has 1 aliphatic carbocycles. The molecule has 58 heavy (non-hydrogen) atoms. The predicted octanol–water partition coefficient (Wildman–Crippen LogP) is 13.6. The van der Waals surface area contributed by atoms with Crippen LogP contribution in [-0.4, -0.2) is 20.5 Å². The summed E-state index contributed by atoms with van der Waals surface area (Å²) in [5, 5.41) is 4.99. The number of fused-ring (bicyclic) bond motifs is 6. The summed E-state index contributed by atoms with van der Waals surface area (Å²) in [6, 6.07) is 64.6. The number of nitrogens with zero attached hydrogens (tertiary/aromatic N) is 4. The lowest BCUT2D eigenvalue weighted by Crippen LogP contribution is -2.41. The highest BCUT2D eigenvalue weighted by molar-refractivity contribution is 6.05. The summed E-state index contributed by atoms with van der Waals surface area (Å²) in [6.07, 6.45) is 9.12. The molecule has 1 unspecified atom stereocenters. The van der Waals surface area contributed by atoms with E-state index in [0.717, 1.165) is 22.3 Å². The van der Waals surface area contributed by atoms with E-state index in [-0.39, 0.29) is 11.5 Å². The topological polar surface area (TPSA) is 41.9 Å². The van der Waals surface area contributed by atoms with E-state index in [0.29, 0.717) is 17.5 Å². The molecule has 0 fully saturated rings. The Kier molecular flexibility index (Phi) is 7.97. The molecular formula is C54H38N4. The Balaban J connectivity index is 0.946. The summed E-state index contributed by atoms with van der Waals surface area (Å²) >= 11 is 0. The molecule has 0 amide bonds. The fraction of sp³-hybridized carbons (Fsp3) is 0.0556. The van der Waals surface area contributed by atoms with Gasteiger partial charge in [-0.05, 0) is 63.0 Å². The van der Waals surface area contributed by atoms with Crippen LogP contribution < -0.4 is 4.90 Å². The highest BCUT2D eigenvalue weighted by atomic mass is 15.2. The smallest absolute Gasteiger partial charge is 0.164 e. The zero-order chi connectivity index (χ0) is 38.6. The molecule has 274 valence electrons. The van der Waals surface area contributed by atoms with E-state index in [4.69, 9.17) is 15.0 Å². The van der Waals surface area contributed by atoms with Gasteiger partial charge in [0.2, 0.25) is 0 Å². The molecule has 1 aliphatic heterocycles. The third-order valence-electron chi connectivity index (χ3n) is 12.0. The van der Waals surface area contributed by atoms with Crippen molar-refractivity contribution in [3.8, 4) is 56.4 Å². The van der Waals surface area contributed by atoms with Crippen LogP contribution >= 0.6 is 0 Å². The minimum Gasteiger partial charge on any atom is -0.330 e. The second-order valence-corrected chi connectivity index (χ2v) is 15.4. The Labute approximate surface area is 338 Å². The van der Waals surface area contributed by atoms with Gasteiger partial charge in [-0.1, -0.05) is 194 Å². The largest absolute Gasteiger partial charge is 0.330 e. The maximum absolute atomic E-state index is 4.94. The van der Waals surface area contributed by atoms with Gasteiger partial charge in [0.25, 0.3) is 0 Å². The Bertz CT molecular complexity index is 3000. The van der Waals surface area contributed by atoms with Gasteiger partial charge in [-0.2, -0.15) is 0 Å². The molecule has 4 heteroatoms. The van der Waals surface area contributed by atoms with Crippen LogP contribution in [0.1, 0.15) is 18.4 Å². The van der Waals surface area contributed by atoms with Crippen molar-refractivity contribution in [3.63, 3.8) is 0 Å². The summed E-state index contributed by atoms with van der Waals surface area (Å²) in [7, 11) is 0. The third kappa shape index (κ3) is 5.56. The molecule has 0 saturated carbocycles. The van der Waals surface area contributed by atoms with Crippen LogP contribution in [0.3, 0.4) is 0 Å². The summed E-state index contributed by atoms with van der Waals surface area (Å²) in [5.41, 5.74) is 11.3. The molecular weight excluding hydrogens is 705 g/mol. The Morgan fingerprint density at radius 1 is 0.431 bits per heavy atom. The number of aromatic nitrogens is 3. The zero-order valence-corrected chi connectivity index (χ0v) is 32.0. The van der Waals surface area contributed by atoms with Gasteiger partial charge in [0.15, 0.2) is 17.5 Å². The van der Waals surface area contributed by atoms with Gasteiger partial charge >= 0.3 is 0 Å². The van der Waals surface area contributed by atoms with E-state index in [1.165, 1.54) is 55.2 Å². The van der Waals surface area contributed by atoms with Crippen LogP contribution in [0.2, 0.25) is 0 Å². The lowest BCUT2D eigenvalue weighted by atomic mass is 9.80. The summed E-state index contributed by atoms with van der Waals surface area (Å²) < 4.78 is 0. The highest BCUT2D eigenvalue weighted by Gasteiger charge is 2.47. The average Bonchev–Trinajstić information content (AvgIpc) is 3.58. The number of allylic oxidation sites excluding steroid dienone is 2. The van der Waals surface area contributed by atoms with E-state index in [1.807, 2.05) is 60.7 Å². The van der Waals surface area contributed by atoms with E-state index < -0.39 is 0 Å². The van der Waals surface area contributed by atoms with Crippen molar-refractivity contribution in [2.75, 3.05) is 4.90 Å². The maximum atomic E-state index is 4.94. The van der Waals surface area contributed by atoms with Crippen LogP contribution in [0, 0.1) is 0 Å². The molecule has 0 N–H and O–H groups in total. The summed E-state index contributed by atoms with van der Waals surface area (Å²) in [4.78, 5) is 17.3. The fourth-order valence-electron chi connectivity index (χ4n) is 9.11. The average molecular weight is 743 g/mol. The van der Waals surface area contributed by atoms with Crippen LogP contribution in [0.4, 0.5) is 11.4 Å². The molecule has 0 bridgehead atoms.